The van der Waals surface area contributed by atoms with E-state index in [9.17, 15) is 4.79 Å². The van der Waals surface area contributed by atoms with Gasteiger partial charge in [0.2, 0.25) is 0 Å². The number of rotatable bonds is 8. The summed E-state index contributed by atoms with van der Waals surface area (Å²) in [5.41, 5.74) is 1.15. The number of ether oxygens (including phenoxy) is 1. The third kappa shape index (κ3) is 5.07. The summed E-state index contributed by atoms with van der Waals surface area (Å²) >= 11 is 1.67. The Kier molecular flexibility index (Phi) is 6.73. The highest BCUT2D eigenvalue weighted by Gasteiger charge is 2.20. The molecule has 9 heteroatoms. The zero-order chi connectivity index (χ0) is 20.8. The van der Waals surface area contributed by atoms with Crippen LogP contribution in [0.25, 0.3) is 11.8 Å². The van der Waals surface area contributed by atoms with E-state index in [1.165, 1.54) is 9.56 Å². The molecule has 0 saturated heterocycles. The van der Waals surface area contributed by atoms with Crippen molar-refractivity contribution in [3.63, 3.8) is 0 Å². The van der Waals surface area contributed by atoms with Crippen molar-refractivity contribution in [3.05, 3.63) is 58.0 Å². The SMILES string of the molecule is COc1cccc(/C=C(/C(=O)NCC(c2cccs2)N(C)C)n2nnnc2C)c1. The minimum Gasteiger partial charge on any atom is -0.497 e. The number of carbonyl (C=O) groups is 1. The number of hydrogen-bond acceptors (Lipinski definition) is 7. The molecule has 0 fully saturated rings. The summed E-state index contributed by atoms with van der Waals surface area (Å²) in [4.78, 5) is 16.4. The lowest BCUT2D eigenvalue weighted by atomic mass is 10.1. The van der Waals surface area contributed by atoms with Gasteiger partial charge < -0.3 is 15.0 Å². The van der Waals surface area contributed by atoms with Gasteiger partial charge in [-0.3, -0.25) is 4.79 Å². The average Bonchev–Trinajstić information content (AvgIpc) is 3.38. The summed E-state index contributed by atoms with van der Waals surface area (Å²) in [5.74, 6) is 0.973. The Morgan fingerprint density at radius 1 is 1.34 bits per heavy atom. The zero-order valence-corrected chi connectivity index (χ0v) is 17.7. The standard InChI is InChI=1S/C20H24N6O2S/c1-14-22-23-24-26(14)17(12-15-7-5-8-16(11-15)28-4)20(27)21-13-18(25(2)3)19-9-6-10-29-19/h5-12,18H,13H2,1-4H3,(H,21,27)/b17-12-. The van der Waals surface area contributed by atoms with E-state index in [0.29, 0.717) is 23.8 Å². The van der Waals surface area contributed by atoms with Crippen molar-refractivity contribution in [1.82, 2.24) is 30.4 Å². The maximum absolute atomic E-state index is 13.1. The molecule has 1 unspecified atom stereocenters. The van der Waals surface area contributed by atoms with Crippen molar-refractivity contribution in [2.75, 3.05) is 27.7 Å². The Balaban J connectivity index is 1.87. The topological polar surface area (TPSA) is 85.2 Å². The molecule has 2 aromatic heterocycles. The molecule has 0 spiro atoms. The van der Waals surface area contributed by atoms with E-state index in [0.717, 1.165) is 5.56 Å². The van der Waals surface area contributed by atoms with Gasteiger partial charge in [0.25, 0.3) is 5.91 Å². The molecular weight excluding hydrogens is 388 g/mol. The van der Waals surface area contributed by atoms with Gasteiger partial charge in [-0.1, -0.05) is 18.2 Å². The maximum Gasteiger partial charge on any atom is 0.270 e. The first-order valence-electron chi connectivity index (χ1n) is 9.08. The summed E-state index contributed by atoms with van der Waals surface area (Å²) in [6, 6.07) is 11.6. The molecule has 0 aliphatic carbocycles. The number of aryl methyl sites for hydroxylation is 1. The van der Waals surface area contributed by atoms with Gasteiger partial charge in [0, 0.05) is 11.4 Å². The molecule has 0 aliphatic heterocycles. The normalized spacial score (nSPS) is 12.8. The van der Waals surface area contributed by atoms with Gasteiger partial charge in [-0.15, -0.1) is 16.4 Å². The Morgan fingerprint density at radius 3 is 2.79 bits per heavy atom. The highest BCUT2D eigenvalue weighted by Crippen LogP contribution is 2.23. The number of benzene rings is 1. The second kappa shape index (κ2) is 9.44. The van der Waals surface area contributed by atoms with E-state index in [2.05, 4.69) is 31.8 Å². The zero-order valence-electron chi connectivity index (χ0n) is 16.9. The summed E-state index contributed by atoms with van der Waals surface area (Å²) in [5, 5.41) is 16.6. The fourth-order valence-corrected chi connectivity index (χ4v) is 3.79. The van der Waals surface area contributed by atoms with Crippen molar-refractivity contribution < 1.29 is 9.53 Å². The molecule has 1 N–H and O–H groups in total. The molecule has 1 atom stereocenters. The smallest absolute Gasteiger partial charge is 0.270 e. The Bertz CT molecular complexity index is 981. The van der Waals surface area contributed by atoms with Crippen molar-refractivity contribution >= 4 is 29.0 Å². The molecule has 2 heterocycles. The van der Waals surface area contributed by atoms with E-state index < -0.39 is 0 Å². The number of methoxy groups -OCH3 is 1. The van der Waals surface area contributed by atoms with Crippen LogP contribution in [0.1, 0.15) is 22.3 Å². The van der Waals surface area contributed by atoms with Gasteiger partial charge >= 0.3 is 0 Å². The first-order chi connectivity index (χ1) is 14.0. The quantitative estimate of drug-likeness (QED) is 0.572. The first kappa shape index (κ1) is 20.7. The number of amides is 1. The minimum atomic E-state index is -0.258. The van der Waals surface area contributed by atoms with E-state index in [1.807, 2.05) is 49.8 Å². The molecule has 0 saturated carbocycles. The van der Waals surface area contributed by atoms with Crippen molar-refractivity contribution in [1.29, 1.82) is 0 Å². The number of aromatic nitrogens is 4. The number of hydrogen-bond donors (Lipinski definition) is 1. The van der Waals surface area contributed by atoms with Crippen LogP contribution in [-0.2, 0) is 4.79 Å². The molecule has 0 radical (unpaired) electrons. The van der Waals surface area contributed by atoms with Gasteiger partial charge in [0.05, 0.1) is 13.2 Å². The lowest BCUT2D eigenvalue weighted by Gasteiger charge is -2.23. The van der Waals surface area contributed by atoms with Gasteiger partial charge in [0.1, 0.15) is 11.4 Å². The van der Waals surface area contributed by atoms with Gasteiger partial charge in [-0.25, -0.2) is 0 Å². The third-order valence-corrected chi connectivity index (χ3v) is 5.41. The molecule has 0 aliphatic rings. The van der Waals surface area contributed by atoms with E-state index in [4.69, 9.17) is 4.74 Å². The van der Waals surface area contributed by atoms with E-state index in [1.54, 1.807) is 31.4 Å². The monoisotopic (exact) mass is 412 g/mol. The highest BCUT2D eigenvalue weighted by molar-refractivity contribution is 7.10. The highest BCUT2D eigenvalue weighted by atomic mass is 32.1. The van der Waals surface area contributed by atoms with Crippen LogP contribution in [0.5, 0.6) is 5.75 Å². The molecule has 1 aromatic carbocycles. The predicted octanol–water partition coefficient (Wildman–Crippen LogP) is 2.47. The summed E-state index contributed by atoms with van der Waals surface area (Å²) in [7, 11) is 5.60. The van der Waals surface area contributed by atoms with Crippen LogP contribution in [0.15, 0.2) is 41.8 Å². The molecule has 1 amide bonds. The summed E-state index contributed by atoms with van der Waals surface area (Å²) in [6.45, 7) is 2.21. The number of nitrogens with zero attached hydrogens (tertiary/aromatic N) is 5. The second-order valence-electron chi connectivity index (χ2n) is 6.65. The number of likely N-dealkylation sites (N-methyl/N-ethyl adjacent to an activating group) is 1. The van der Waals surface area contributed by atoms with Crippen molar-refractivity contribution in [3.8, 4) is 5.75 Å². The molecule has 29 heavy (non-hydrogen) atoms. The Labute approximate surface area is 173 Å². The van der Waals surface area contributed by atoms with Crippen LogP contribution in [-0.4, -0.2) is 58.8 Å². The number of nitrogens with one attached hydrogen (secondary N) is 1. The van der Waals surface area contributed by atoms with Crippen LogP contribution < -0.4 is 10.1 Å². The molecule has 8 nitrogen and oxygen atoms in total. The third-order valence-electron chi connectivity index (χ3n) is 4.43. The minimum absolute atomic E-state index is 0.0759. The van der Waals surface area contributed by atoms with Crippen molar-refractivity contribution in [2.24, 2.45) is 0 Å². The molecule has 152 valence electrons. The summed E-state index contributed by atoms with van der Waals surface area (Å²) < 4.78 is 6.71. The lowest BCUT2D eigenvalue weighted by molar-refractivity contribution is -0.116. The van der Waals surface area contributed by atoms with Crippen molar-refractivity contribution in [2.45, 2.75) is 13.0 Å². The summed E-state index contributed by atoms with van der Waals surface area (Å²) in [6.07, 6.45) is 1.75. The van der Waals surface area contributed by atoms with Crippen LogP contribution in [0.3, 0.4) is 0 Å². The number of thiophene rings is 1. The average molecular weight is 413 g/mol. The predicted molar refractivity (Wildman–Crippen MR) is 113 cm³/mol. The lowest BCUT2D eigenvalue weighted by Crippen LogP contribution is -2.35. The fourth-order valence-electron chi connectivity index (χ4n) is 2.86. The maximum atomic E-state index is 13.1. The largest absolute Gasteiger partial charge is 0.497 e. The van der Waals surface area contributed by atoms with E-state index in [-0.39, 0.29) is 11.9 Å². The van der Waals surface area contributed by atoms with Gasteiger partial charge in [-0.05, 0) is 66.7 Å². The molecule has 0 bridgehead atoms. The van der Waals surface area contributed by atoms with E-state index >= 15 is 0 Å². The van der Waals surface area contributed by atoms with Crippen LogP contribution in [0.4, 0.5) is 0 Å². The van der Waals surface area contributed by atoms with Gasteiger partial charge in [0.15, 0.2) is 5.82 Å². The molecule has 3 rings (SSSR count). The van der Waals surface area contributed by atoms with Crippen LogP contribution in [0.2, 0.25) is 0 Å². The number of tetrazole rings is 1. The van der Waals surface area contributed by atoms with Crippen LogP contribution >= 0.6 is 11.3 Å². The molecular formula is C20H24N6O2S. The Morgan fingerprint density at radius 2 is 2.17 bits per heavy atom. The van der Waals surface area contributed by atoms with Crippen LogP contribution in [0, 0.1) is 6.92 Å². The first-order valence-corrected chi connectivity index (χ1v) is 9.96. The Hall–Kier alpha value is -3.04. The fraction of sp³-hybridized carbons (Fsp3) is 0.300. The molecule has 3 aromatic rings. The number of carbonyl (C=O) groups excluding carboxylic acids is 1. The van der Waals surface area contributed by atoms with Gasteiger partial charge in [-0.2, -0.15) is 4.68 Å². The second-order valence-corrected chi connectivity index (χ2v) is 7.63.